The number of rotatable bonds is 4. The molecule has 0 fully saturated rings. The number of aromatic nitrogens is 2. The molecule has 2 aromatic rings. The van der Waals surface area contributed by atoms with Crippen molar-refractivity contribution < 1.29 is 4.79 Å². The lowest BCUT2D eigenvalue weighted by molar-refractivity contribution is -0.115. The summed E-state index contributed by atoms with van der Waals surface area (Å²) in [4.78, 5) is 11.9. The lowest BCUT2D eigenvalue weighted by Gasteiger charge is -2.04. The maximum absolute atomic E-state index is 11.9. The minimum absolute atomic E-state index is 0.170. The number of aromatic amines is 1. The Hall–Kier alpha value is -1.52. The van der Waals surface area contributed by atoms with Gasteiger partial charge in [-0.1, -0.05) is 43.1 Å². The fourth-order valence-corrected chi connectivity index (χ4v) is 2.20. The molecule has 0 aliphatic heterocycles. The van der Waals surface area contributed by atoms with E-state index in [1.54, 1.807) is 18.2 Å². The Balaban J connectivity index is 2.01. The third-order valence-corrected chi connectivity index (χ3v) is 3.44. The largest absolute Gasteiger partial charge is 0.309 e. The Bertz CT molecular complexity index is 623. The minimum atomic E-state index is -0.170. The SMILES string of the molecule is CC(C)c1cc(NC(=O)Cc2ccc(Cl)cc2Cl)n[nH]1. The van der Waals surface area contributed by atoms with Gasteiger partial charge in [-0.3, -0.25) is 9.89 Å². The van der Waals surface area contributed by atoms with Crippen molar-refractivity contribution in [2.24, 2.45) is 0 Å². The first-order valence-corrected chi connectivity index (χ1v) is 7.00. The summed E-state index contributed by atoms with van der Waals surface area (Å²) in [6.45, 7) is 4.10. The van der Waals surface area contributed by atoms with Crippen LogP contribution in [0.2, 0.25) is 10.0 Å². The van der Waals surface area contributed by atoms with Crippen LogP contribution in [-0.2, 0) is 11.2 Å². The quantitative estimate of drug-likeness (QED) is 0.896. The average molecular weight is 312 g/mol. The third-order valence-electron chi connectivity index (χ3n) is 2.85. The molecular formula is C14H15Cl2N3O. The first-order valence-electron chi connectivity index (χ1n) is 6.25. The zero-order valence-corrected chi connectivity index (χ0v) is 12.7. The van der Waals surface area contributed by atoms with Gasteiger partial charge < -0.3 is 5.32 Å². The van der Waals surface area contributed by atoms with Crippen LogP contribution < -0.4 is 5.32 Å². The summed E-state index contributed by atoms with van der Waals surface area (Å²) in [6.07, 6.45) is 0.180. The highest BCUT2D eigenvalue weighted by Gasteiger charge is 2.10. The summed E-state index contributed by atoms with van der Waals surface area (Å²) in [5.41, 5.74) is 1.71. The highest BCUT2D eigenvalue weighted by Crippen LogP contribution is 2.22. The van der Waals surface area contributed by atoms with Crippen LogP contribution in [0.15, 0.2) is 24.3 Å². The van der Waals surface area contributed by atoms with E-state index in [1.807, 2.05) is 19.9 Å². The molecule has 20 heavy (non-hydrogen) atoms. The molecule has 4 nitrogen and oxygen atoms in total. The minimum Gasteiger partial charge on any atom is -0.309 e. The second-order valence-electron chi connectivity index (χ2n) is 4.82. The number of anilines is 1. The number of benzene rings is 1. The van der Waals surface area contributed by atoms with Crippen molar-refractivity contribution in [1.82, 2.24) is 10.2 Å². The standard InChI is InChI=1S/C14H15Cl2N3O/c1-8(2)12-7-13(19-18-12)17-14(20)5-9-3-4-10(15)6-11(9)16/h3-4,6-8H,5H2,1-2H3,(H2,17,18,19,20). The van der Waals surface area contributed by atoms with E-state index in [0.717, 1.165) is 11.3 Å². The number of amides is 1. The first kappa shape index (κ1) is 14.9. The molecule has 0 aliphatic rings. The number of nitrogens with one attached hydrogen (secondary N) is 2. The molecule has 0 radical (unpaired) electrons. The monoisotopic (exact) mass is 311 g/mol. The molecular weight excluding hydrogens is 297 g/mol. The lowest BCUT2D eigenvalue weighted by atomic mass is 10.1. The van der Waals surface area contributed by atoms with Crippen LogP contribution in [0.4, 0.5) is 5.82 Å². The van der Waals surface area contributed by atoms with Crippen LogP contribution in [0.1, 0.15) is 31.0 Å². The van der Waals surface area contributed by atoms with Crippen LogP contribution in [0.3, 0.4) is 0 Å². The van der Waals surface area contributed by atoms with E-state index in [2.05, 4.69) is 15.5 Å². The number of carbonyl (C=O) groups excluding carboxylic acids is 1. The summed E-state index contributed by atoms with van der Waals surface area (Å²) >= 11 is 11.9. The number of H-pyrrole nitrogens is 1. The number of hydrogen-bond acceptors (Lipinski definition) is 2. The molecule has 2 N–H and O–H groups in total. The fourth-order valence-electron chi connectivity index (χ4n) is 1.72. The van der Waals surface area contributed by atoms with Crippen molar-refractivity contribution in [2.45, 2.75) is 26.2 Å². The van der Waals surface area contributed by atoms with E-state index in [4.69, 9.17) is 23.2 Å². The first-order chi connectivity index (χ1) is 9.45. The molecule has 1 amide bonds. The lowest BCUT2D eigenvalue weighted by Crippen LogP contribution is -2.14. The van der Waals surface area contributed by atoms with Gasteiger partial charge in [0, 0.05) is 21.8 Å². The molecule has 0 unspecified atom stereocenters. The molecule has 6 heteroatoms. The van der Waals surface area contributed by atoms with Gasteiger partial charge in [0.05, 0.1) is 6.42 Å². The van der Waals surface area contributed by atoms with Crippen molar-refractivity contribution in [3.63, 3.8) is 0 Å². The Morgan fingerprint density at radius 3 is 2.70 bits per heavy atom. The normalized spacial score (nSPS) is 10.8. The van der Waals surface area contributed by atoms with Gasteiger partial charge >= 0.3 is 0 Å². The Kier molecular flexibility index (Phi) is 4.68. The Morgan fingerprint density at radius 2 is 2.10 bits per heavy atom. The molecule has 0 saturated carbocycles. The maximum atomic E-state index is 11.9. The van der Waals surface area contributed by atoms with Crippen molar-refractivity contribution >= 4 is 34.9 Å². The number of halogens is 2. The molecule has 0 atom stereocenters. The average Bonchev–Trinajstić information content (AvgIpc) is 2.81. The summed E-state index contributed by atoms with van der Waals surface area (Å²) in [5, 5.41) is 10.7. The van der Waals surface area contributed by atoms with Crippen molar-refractivity contribution in [3.8, 4) is 0 Å². The van der Waals surface area contributed by atoms with Crippen LogP contribution in [0.5, 0.6) is 0 Å². The molecule has 0 aliphatic carbocycles. The fraction of sp³-hybridized carbons (Fsp3) is 0.286. The predicted molar refractivity (Wildman–Crippen MR) is 81.5 cm³/mol. The van der Waals surface area contributed by atoms with E-state index < -0.39 is 0 Å². The zero-order chi connectivity index (χ0) is 14.7. The van der Waals surface area contributed by atoms with Crippen LogP contribution in [0.25, 0.3) is 0 Å². The van der Waals surface area contributed by atoms with Gasteiger partial charge in [-0.25, -0.2) is 0 Å². The number of hydrogen-bond donors (Lipinski definition) is 2. The van der Waals surface area contributed by atoms with Gasteiger partial charge in [-0.15, -0.1) is 0 Å². The summed E-state index contributed by atoms with van der Waals surface area (Å²) in [5.74, 6) is 0.679. The second-order valence-corrected chi connectivity index (χ2v) is 5.67. The highest BCUT2D eigenvalue weighted by molar-refractivity contribution is 6.35. The smallest absolute Gasteiger partial charge is 0.230 e. The topological polar surface area (TPSA) is 57.8 Å². The number of carbonyl (C=O) groups is 1. The van der Waals surface area contributed by atoms with Gasteiger partial charge in [-0.05, 0) is 23.6 Å². The van der Waals surface area contributed by atoms with Crippen LogP contribution in [0, 0.1) is 0 Å². The molecule has 1 aromatic heterocycles. The third kappa shape index (κ3) is 3.74. The molecule has 0 spiro atoms. The van der Waals surface area contributed by atoms with Crippen molar-refractivity contribution in [3.05, 3.63) is 45.6 Å². The molecule has 0 saturated heterocycles. The zero-order valence-electron chi connectivity index (χ0n) is 11.2. The van der Waals surface area contributed by atoms with Gasteiger partial charge in [0.2, 0.25) is 5.91 Å². The van der Waals surface area contributed by atoms with Crippen molar-refractivity contribution in [2.75, 3.05) is 5.32 Å². The highest BCUT2D eigenvalue weighted by atomic mass is 35.5. The second kappa shape index (κ2) is 6.29. The summed E-state index contributed by atoms with van der Waals surface area (Å²) in [6, 6.07) is 6.90. The Morgan fingerprint density at radius 1 is 1.35 bits per heavy atom. The predicted octanol–water partition coefficient (Wildman–Crippen LogP) is 4.02. The molecule has 1 heterocycles. The van der Waals surface area contributed by atoms with Crippen molar-refractivity contribution in [1.29, 1.82) is 0 Å². The van der Waals surface area contributed by atoms with Gasteiger partial charge in [0.1, 0.15) is 0 Å². The van der Waals surface area contributed by atoms with E-state index in [1.165, 1.54) is 0 Å². The summed E-state index contributed by atoms with van der Waals surface area (Å²) in [7, 11) is 0. The molecule has 106 valence electrons. The Labute approximate surface area is 127 Å². The van der Waals surface area contributed by atoms with E-state index in [9.17, 15) is 4.79 Å². The van der Waals surface area contributed by atoms with E-state index in [-0.39, 0.29) is 12.3 Å². The molecule has 2 rings (SSSR count). The van der Waals surface area contributed by atoms with Crippen LogP contribution in [-0.4, -0.2) is 16.1 Å². The summed E-state index contributed by atoms with van der Waals surface area (Å²) < 4.78 is 0. The van der Waals surface area contributed by atoms with E-state index in [0.29, 0.717) is 21.8 Å². The van der Waals surface area contributed by atoms with E-state index >= 15 is 0 Å². The van der Waals surface area contributed by atoms with Crippen LogP contribution >= 0.6 is 23.2 Å². The van der Waals surface area contributed by atoms with Gasteiger partial charge in [-0.2, -0.15) is 5.10 Å². The van der Waals surface area contributed by atoms with Gasteiger partial charge in [0.15, 0.2) is 5.82 Å². The maximum Gasteiger partial charge on any atom is 0.230 e. The molecule has 0 bridgehead atoms. The van der Waals surface area contributed by atoms with Gasteiger partial charge in [0.25, 0.3) is 0 Å². The number of nitrogens with zero attached hydrogens (tertiary/aromatic N) is 1. The molecule has 1 aromatic carbocycles.